The number of hydrogen-bond donors (Lipinski definition) is 1. The van der Waals surface area contributed by atoms with Gasteiger partial charge in [0.2, 0.25) is 5.88 Å². The number of aromatic hydroxyl groups is 1. The fraction of sp³-hybridized carbons (Fsp3) is 0.0714. The molecule has 1 aromatic carbocycles. The van der Waals surface area contributed by atoms with Crippen LogP contribution in [0.3, 0.4) is 0 Å². The summed E-state index contributed by atoms with van der Waals surface area (Å²) in [6.07, 6.45) is -0.200. The first-order valence-electron chi connectivity index (χ1n) is 6.27. The zero-order valence-electron chi connectivity index (χ0n) is 11.3. The molecule has 2 aromatic rings. The molecule has 0 aliphatic carbocycles. The summed E-state index contributed by atoms with van der Waals surface area (Å²) in [6, 6.07) is 4.20. The van der Waals surface area contributed by atoms with Crippen molar-refractivity contribution in [1.82, 2.24) is 4.57 Å². The van der Waals surface area contributed by atoms with Crippen molar-refractivity contribution in [1.29, 1.82) is 0 Å². The van der Waals surface area contributed by atoms with Crippen molar-refractivity contribution < 1.29 is 18.3 Å². The van der Waals surface area contributed by atoms with E-state index in [0.29, 0.717) is 16.9 Å². The topological polar surface area (TPSA) is 66.9 Å². The van der Waals surface area contributed by atoms with Crippen LogP contribution in [-0.4, -0.2) is 22.1 Å². The van der Waals surface area contributed by atoms with Gasteiger partial charge in [-0.3, -0.25) is 4.79 Å². The Labute approximate surface area is 131 Å². The lowest BCUT2D eigenvalue weighted by Crippen LogP contribution is -2.12. The van der Waals surface area contributed by atoms with Gasteiger partial charge in [0.1, 0.15) is 0 Å². The largest absolute Gasteiger partial charge is 0.493 e. The van der Waals surface area contributed by atoms with E-state index in [-0.39, 0.29) is 10.6 Å². The minimum atomic E-state index is -4.53. The van der Waals surface area contributed by atoms with Crippen LogP contribution in [0.25, 0.3) is 11.8 Å². The molecule has 0 atom stereocenters. The van der Waals surface area contributed by atoms with Gasteiger partial charge < -0.3 is 5.11 Å². The van der Waals surface area contributed by atoms with Gasteiger partial charge in [0, 0.05) is 5.57 Å². The summed E-state index contributed by atoms with van der Waals surface area (Å²) in [5.74, 6) is -0.430. The molecule has 1 aromatic heterocycles. The number of benzene rings is 1. The summed E-state index contributed by atoms with van der Waals surface area (Å²) < 4.78 is 39.2. The average Bonchev–Trinajstić information content (AvgIpc) is 3.08. The monoisotopic (exact) mass is 339 g/mol. The van der Waals surface area contributed by atoms with Crippen LogP contribution in [-0.2, 0) is 6.18 Å². The standard InChI is InChI=1S/C14H8F3N3O2S/c15-14(16,17)9-2-1-3-10(5-9)20-12(21)11(23-13(20)22)4-8-6-18-19-7-8/h1-7,21H. The molecule has 0 amide bonds. The molecule has 2 heterocycles. The highest BCUT2D eigenvalue weighted by molar-refractivity contribution is 7.10. The summed E-state index contributed by atoms with van der Waals surface area (Å²) in [6.45, 7) is 0. The Hall–Kier alpha value is -2.68. The Morgan fingerprint density at radius 1 is 1.22 bits per heavy atom. The number of rotatable bonds is 2. The quantitative estimate of drug-likeness (QED) is 0.914. The van der Waals surface area contributed by atoms with Crippen LogP contribution in [0.5, 0.6) is 5.88 Å². The normalized spacial score (nSPS) is 13.8. The number of thiazole rings is 1. The second-order valence-corrected chi connectivity index (χ2v) is 5.57. The Morgan fingerprint density at radius 3 is 2.57 bits per heavy atom. The van der Waals surface area contributed by atoms with Gasteiger partial charge in [-0.1, -0.05) is 17.4 Å². The van der Waals surface area contributed by atoms with Crippen molar-refractivity contribution in [3.63, 3.8) is 0 Å². The van der Waals surface area contributed by atoms with E-state index in [4.69, 9.17) is 0 Å². The van der Waals surface area contributed by atoms with Crippen molar-refractivity contribution in [2.75, 3.05) is 0 Å². The van der Waals surface area contributed by atoms with Crippen LogP contribution in [0, 0.1) is 0 Å². The molecule has 118 valence electrons. The molecule has 0 unspecified atom stereocenters. The smallest absolute Gasteiger partial charge is 0.416 e. The predicted octanol–water partition coefficient (Wildman–Crippen LogP) is 3.08. The van der Waals surface area contributed by atoms with Gasteiger partial charge in [-0.05, 0) is 24.3 Å². The lowest BCUT2D eigenvalue weighted by Gasteiger charge is -2.09. The zero-order valence-corrected chi connectivity index (χ0v) is 12.1. The van der Waals surface area contributed by atoms with Crippen LogP contribution in [0.15, 0.2) is 44.8 Å². The Morgan fingerprint density at radius 2 is 1.91 bits per heavy atom. The SMILES string of the molecule is O=c1sc(C=C2C=NN=C2)c(O)n1-c1cccc(C(F)(F)F)c1. The van der Waals surface area contributed by atoms with Crippen LogP contribution < -0.4 is 4.87 Å². The maximum atomic E-state index is 12.8. The number of nitrogens with zero attached hydrogens (tertiary/aromatic N) is 3. The lowest BCUT2D eigenvalue weighted by molar-refractivity contribution is -0.137. The Bertz CT molecular complexity index is 893. The highest BCUT2D eigenvalue weighted by atomic mass is 32.1. The second kappa shape index (κ2) is 5.51. The van der Waals surface area contributed by atoms with Crippen molar-refractivity contribution in [3.8, 4) is 11.6 Å². The number of aromatic nitrogens is 1. The fourth-order valence-corrected chi connectivity index (χ4v) is 2.83. The molecule has 3 rings (SSSR count). The van der Waals surface area contributed by atoms with Gasteiger partial charge in [0.15, 0.2) is 0 Å². The van der Waals surface area contributed by atoms with Crippen LogP contribution in [0.1, 0.15) is 10.4 Å². The van der Waals surface area contributed by atoms with Gasteiger partial charge in [-0.2, -0.15) is 23.4 Å². The Balaban J connectivity index is 2.10. The van der Waals surface area contributed by atoms with E-state index in [9.17, 15) is 23.1 Å². The third kappa shape index (κ3) is 2.95. The van der Waals surface area contributed by atoms with Gasteiger partial charge in [-0.15, -0.1) is 0 Å². The van der Waals surface area contributed by atoms with Crippen molar-refractivity contribution in [2.45, 2.75) is 6.18 Å². The minimum Gasteiger partial charge on any atom is -0.493 e. The molecule has 0 saturated carbocycles. The number of alkyl halides is 3. The third-order valence-electron chi connectivity index (χ3n) is 3.02. The van der Waals surface area contributed by atoms with Crippen molar-refractivity contribution >= 4 is 29.8 Å². The first-order valence-corrected chi connectivity index (χ1v) is 7.08. The molecule has 1 aliphatic heterocycles. The summed E-state index contributed by atoms with van der Waals surface area (Å²) in [5, 5.41) is 17.4. The highest BCUT2D eigenvalue weighted by Gasteiger charge is 2.31. The lowest BCUT2D eigenvalue weighted by atomic mass is 10.2. The van der Waals surface area contributed by atoms with Gasteiger partial charge in [-0.25, -0.2) is 4.57 Å². The maximum absolute atomic E-state index is 12.8. The molecule has 0 radical (unpaired) electrons. The van der Waals surface area contributed by atoms with Crippen LogP contribution in [0.2, 0.25) is 0 Å². The maximum Gasteiger partial charge on any atom is 0.416 e. The van der Waals surface area contributed by atoms with E-state index in [1.54, 1.807) is 0 Å². The number of hydrogen-bond acceptors (Lipinski definition) is 5. The van der Waals surface area contributed by atoms with Crippen molar-refractivity contribution in [2.24, 2.45) is 10.2 Å². The molecule has 0 saturated heterocycles. The summed E-state index contributed by atoms with van der Waals surface area (Å²) in [7, 11) is 0. The highest BCUT2D eigenvalue weighted by Crippen LogP contribution is 2.32. The molecule has 1 aliphatic rings. The van der Waals surface area contributed by atoms with E-state index in [2.05, 4.69) is 10.2 Å². The van der Waals surface area contributed by atoms with Crippen LogP contribution >= 0.6 is 11.3 Å². The predicted molar refractivity (Wildman–Crippen MR) is 81.5 cm³/mol. The first-order chi connectivity index (χ1) is 10.9. The molecule has 9 heteroatoms. The molecule has 23 heavy (non-hydrogen) atoms. The molecule has 0 bridgehead atoms. The molecule has 1 N–H and O–H groups in total. The fourth-order valence-electron chi connectivity index (χ4n) is 1.98. The Kier molecular flexibility index (Phi) is 3.64. The van der Waals surface area contributed by atoms with E-state index < -0.39 is 22.5 Å². The van der Waals surface area contributed by atoms with Gasteiger partial charge in [0.25, 0.3) is 0 Å². The molecule has 0 spiro atoms. The van der Waals surface area contributed by atoms with Crippen LogP contribution in [0.4, 0.5) is 13.2 Å². The average molecular weight is 339 g/mol. The zero-order chi connectivity index (χ0) is 16.6. The third-order valence-corrected chi connectivity index (χ3v) is 3.90. The van der Waals surface area contributed by atoms with E-state index in [1.807, 2.05) is 0 Å². The summed E-state index contributed by atoms with van der Waals surface area (Å²) in [5.41, 5.74) is -0.391. The molecular formula is C14H8F3N3O2S. The summed E-state index contributed by atoms with van der Waals surface area (Å²) in [4.78, 5) is 11.7. The molecule has 5 nitrogen and oxygen atoms in total. The summed E-state index contributed by atoms with van der Waals surface area (Å²) >= 11 is 0.712. The number of halogens is 3. The second-order valence-electron chi connectivity index (χ2n) is 4.57. The van der Waals surface area contributed by atoms with Gasteiger partial charge >= 0.3 is 11.0 Å². The minimum absolute atomic E-state index is 0.0584. The van der Waals surface area contributed by atoms with E-state index >= 15 is 0 Å². The van der Waals surface area contributed by atoms with Gasteiger partial charge in [0.05, 0.1) is 28.6 Å². The number of allylic oxidation sites excluding steroid dienone is 1. The van der Waals surface area contributed by atoms with Crippen molar-refractivity contribution in [3.05, 3.63) is 49.9 Å². The molecule has 0 fully saturated rings. The molecular weight excluding hydrogens is 331 g/mol. The first kappa shape index (κ1) is 15.2. The van der Waals surface area contributed by atoms with E-state index in [0.717, 1.165) is 16.7 Å². The van der Waals surface area contributed by atoms with E-state index in [1.165, 1.54) is 30.6 Å².